The maximum Gasteiger partial charge on any atom is 0.416 e. The molecule has 8 heteroatoms. The van der Waals surface area contributed by atoms with Crippen molar-refractivity contribution in [3.8, 4) is 0 Å². The summed E-state index contributed by atoms with van der Waals surface area (Å²) in [6.07, 6.45) is -0.0432. The lowest BCUT2D eigenvalue weighted by Gasteiger charge is -2.25. The number of aromatic nitrogens is 3. The van der Waals surface area contributed by atoms with Gasteiger partial charge in [-0.05, 0) is 74.4 Å². The third-order valence-electron chi connectivity index (χ3n) is 5.22. The fraction of sp³-hybridized carbons (Fsp3) is 0.400. The molecule has 148 valence electrons. The Bertz CT molecular complexity index is 944. The van der Waals surface area contributed by atoms with E-state index in [2.05, 4.69) is 15.4 Å². The first-order valence-corrected chi connectivity index (χ1v) is 9.35. The zero-order valence-corrected chi connectivity index (χ0v) is 15.2. The molecular formula is C20H21F3N4O. The molecule has 2 heterocycles. The molecule has 0 unspecified atom stereocenters. The fourth-order valence-corrected chi connectivity index (χ4v) is 3.68. The highest BCUT2D eigenvalue weighted by atomic mass is 19.4. The van der Waals surface area contributed by atoms with Crippen molar-refractivity contribution in [3.05, 3.63) is 53.7 Å². The molecule has 5 nitrogen and oxygen atoms in total. The molecule has 28 heavy (non-hydrogen) atoms. The summed E-state index contributed by atoms with van der Waals surface area (Å²) in [7, 11) is 0. The standard InChI is InChI=1S/C20H21F3N4O/c21-20(22,23)14-6-8-15(9-7-14)24-19-25-18-3-1-2-16(27(18)26-19)12-13-4-10-17(28)11-5-13/h1-3,6-9,13,17,28H,4-5,10-12H2,(H,24,26)/t13-,17+. The Morgan fingerprint density at radius 2 is 1.75 bits per heavy atom. The zero-order chi connectivity index (χ0) is 19.7. The Morgan fingerprint density at radius 3 is 2.43 bits per heavy atom. The number of aliphatic hydroxyl groups excluding tert-OH is 1. The van der Waals surface area contributed by atoms with Gasteiger partial charge in [0, 0.05) is 11.4 Å². The van der Waals surface area contributed by atoms with E-state index in [9.17, 15) is 18.3 Å². The van der Waals surface area contributed by atoms with Crippen molar-refractivity contribution in [2.45, 2.75) is 44.4 Å². The van der Waals surface area contributed by atoms with Gasteiger partial charge in [-0.15, -0.1) is 5.10 Å². The van der Waals surface area contributed by atoms with Gasteiger partial charge in [0.05, 0.1) is 11.7 Å². The van der Waals surface area contributed by atoms with Crippen LogP contribution in [0.5, 0.6) is 0 Å². The van der Waals surface area contributed by atoms with E-state index in [1.165, 1.54) is 12.1 Å². The minimum atomic E-state index is -4.36. The number of hydrogen-bond donors (Lipinski definition) is 2. The Labute approximate surface area is 160 Å². The van der Waals surface area contributed by atoms with Crippen molar-refractivity contribution in [2.24, 2.45) is 5.92 Å². The first-order valence-electron chi connectivity index (χ1n) is 9.35. The molecule has 1 fully saturated rings. The second kappa shape index (κ2) is 7.43. The summed E-state index contributed by atoms with van der Waals surface area (Å²) in [6.45, 7) is 0. The maximum atomic E-state index is 12.7. The molecule has 4 rings (SSSR count). The van der Waals surface area contributed by atoms with Gasteiger partial charge in [0.25, 0.3) is 0 Å². The number of nitrogens with one attached hydrogen (secondary N) is 1. The normalized spacial score (nSPS) is 20.4. The number of benzene rings is 1. The predicted octanol–water partition coefficient (Wildman–Crippen LogP) is 4.59. The SMILES string of the molecule is O[C@H]1CC[C@@H](Cc2cccc3nc(Nc4ccc(C(F)(F)F)cc4)nn23)CC1. The quantitative estimate of drug-likeness (QED) is 0.684. The van der Waals surface area contributed by atoms with Gasteiger partial charge in [-0.2, -0.15) is 18.2 Å². The van der Waals surface area contributed by atoms with Crippen LogP contribution < -0.4 is 5.32 Å². The van der Waals surface area contributed by atoms with Gasteiger partial charge >= 0.3 is 6.18 Å². The highest BCUT2D eigenvalue weighted by Crippen LogP contribution is 2.30. The number of alkyl halides is 3. The Balaban J connectivity index is 1.51. The van der Waals surface area contributed by atoms with Gasteiger partial charge in [0.1, 0.15) is 0 Å². The van der Waals surface area contributed by atoms with Crippen LogP contribution in [-0.2, 0) is 12.6 Å². The van der Waals surface area contributed by atoms with E-state index in [4.69, 9.17) is 0 Å². The molecule has 2 N–H and O–H groups in total. The molecule has 1 aliphatic rings. The van der Waals surface area contributed by atoms with Crippen LogP contribution in [0.4, 0.5) is 24.8 Å². The van der Waals surface area contributed by atoms with Gasteiger partial charge < -0.3 is 10.4 Å². The van der Waals surface area contributed by atoms with Crippen molar-refractivity contribution in [1.82, 2.24) is 14.6 Å². The molecule has 0 saturated heterocycles. The predicted molar refractivity (Wildman–Crippen MR) is 99.4 cm³/mol. The molecule has 1 aliphatic carbocycles. The Morgan fingerprint density at radius 1 is 1.04 bits per heavy atom. The third-order valence-corrected chi connectivity index (χ3v) is 5.22. The number of fused-ring (bicyclic) bond motifs is 1. The summed E-state index contributed by atoms with van der Waals surface area (Å²) in [6, 6.07) is 10.6. The number of aliphatic hydroxyl groups is 1. The van der Waals surface area contributed by atoms with Crippen molar-refractivity contribution < 1.29 is 18.3 Å². The topological polar surface area (TPSA) is 62.5 Å². The van der Waals surface area contributed by atoms with Crippen LogP contribution in [0.3, 0.4) is 0 Å². The first-order chi connectivity index (χ1) is 13.4. The molecule has 0 atom stereocenters. The highest BCUT2D eigenvalue weighted by Gasteiger charge is 2.30. The fourth-order valence-electron chi connectivity index (χ4n) is 3.68. The van der Waals surface area contributed by atoms with Crippen molar-refractivity contribution >= 4 is 17.3 Å². The van der Waals surface area contributed by atoms with Gasteiger partial charge in [-0.3, -0.25) is 0 Å². The number of halogens is 3. The maximum absolute atomic E-state index is 12.7. The second-order valence-corrected chi connectivity index (χ2v) is 7.30. The van der Waals surface area contributed by atoms with Crippen LogP contribution in [-0.4, -0.2) is 25.8 Å². The molecule has 1 saturated carbocycles. The molecule has 0 radical (unpaired) electrons. The average Bonchev–Trinajstić information content (AvgIpc) is 3.07. The van der Waals surface area contributed by atoms with E-state index in [0.29, 0.717) is 23.2 Å². The smallest absolute Gasteiger partial charge is 0.393 e. The van der Waals surface area contributed by atoms with Gasteiger partial charge in [0.2, 0.25) is 5.95 Å². The summed E-state index contributed by atoms with van der Waals surface area (Å²) in [5, 5.41) is 17.1. The number of hydrogen-bond acceptors (Lipinski definition) is 4. The molecule has 2 aromatic heterocycles. The molecule has 0 aliphatic heterocycles. The lowest BCUT2D eigenvalue weighted by Crippen LogP contribution is -2.20. The molecule has 0 amide bonds. The summed E-state index contributed by atoms with van der Waals surface area (Å²) in [5.74, 6) is 0.843. The summed E-state index contributed by atoms with van der Waals surface area (Å²) >= 11 is 0. The Kier molecular flexibility index (Phi) is 4.97. The number of anilines is 2. The van der Waals surface area contributed by atoms with Crippen molar-refractivity contribution in [3.63, 3.8) is 0 Å². The van der Waals surface area contributed by atoms with E-state index >= 15 is 0 Å². The monoisotopic (exact) mass is 390 g/mol. The van der Waals surface area contributed by atoms with Crippen LogP contribution in [0.2, 0.25) is 0 Å². The minimum Gasteiger partial charge on any atom is -0.393 e. The number of nitrogens with zero attached hydrogens (tertiary/aromatic N) is 3. The lowest BCUT2D eigenvalue weighted by atomic mass is 9.84. The largest absolute Gasteiger partial charge is 0.416 e. The van der Waals surface area contributed by atoms with Crippen LogP contribution >= 0.6 is 0 Å². The van der Waals surface area contributed by atoms with Crippen LogP contribution in [0.25, 0.3) is 5.65 Å². The highest BCUT2D eigenvalue weighted by molar-refractivity contribution is 5.56. The van der Waals surface area contributed by atoms with Crippen LogP contribution in [0, 0.1) is 5.92 Å². The first kappa shape index (κ1) is 18.7. The number of rotatable bonds is 4. The molecule has 0 spiro atoms. The third kappa shape index (κ3) is 4.11. The lowest BCUT2D eigenvalue weighted by molar-refractivity contribution is -0.137. The minimum absolute atomic E-state index is 0.182. The Hall–Kier alpha value is -2.61. The van der Waals surface area contributed by atoms with Crippen LogP contribution in [0.15, 0.2) is 42.5 Å². The van der Waals surface area contributed by atoms with Gasteiger partial charge in [-0.1, -0.05) is 6.07 Å². The summed E-state index contributed by atoms with van der Waals surface area (Å²) < 4.78 is 39.8. The van der Waals surface area contributed by atoms with Gasteiger partial charge in [-0.25, -0.2) is 4.52 Å². The number of pyridine rings is 1. The summed E-state index contributed by atoms with van der Waals surface area (Å²) in [4.78, 5) is 4.42. The zero-order valence-electron chi connectivity index (χ0n) is 15.2. The molecular weight excluding hydrogens is 369 g/mol. The van der Waals surface area contributed by atoms with Gasteiger partial charge in [0.15, 0.2) is 5.65 Å². The molecule has 0 bridgehead atoms. The summed E-state index contributed by atoms with van der Waals surface area (Å²) in [5.41, 5.74) is 1.52. The van der Waals surface area contributed by atoms with E-state index in [1.54, 1.807) is 4.52 Å². The molecule has 1 aromatic carbocycles. The second-order valence-electron chi connectivity index (χ2n) is 7.30. The van der Waals surface area contributed by atoms with E-state index in [-0.39, 0.29) is 6.10 Å². The van der Waals surface area contributed by atoms with Crippen LogP contribution in [0.1, 0.15) is 36.9 Å². The van der Waals surface area contributed by atoms with Crippen molar-refractivity contribution in [2.75, 3.05) is 5.32 Å². The molecule has 3 aromatic rings. The average molecular weight is 390 g/mol. The van der Waals surface area contributed by atoms with Crippen molar-refractivity contribution in [1.29, 1.82) is 0 Å². The van der Waals surface area contributed by atoms with E-state index in [1.807, 2.05) is 18.2 Å². The van der Waals surface area contributed by atoms with E-state index in [0.717, 1.165) is 49.9 Å². The van der Waals surface area contributed by atoms with E-state index < -0.39 is 11.7 Å².